The van der Waals surface area contributed by atoms with Crippen LogP contribution in [0.2, 0.25) is 0 Å². The standard InChI is InChI=1S/C25H23F2N3O2/c1-14(2)22(12-31)30-13-28-24-20(25(30)32)11-21(16-6-4-15(3)5-7-16)29-23(24)17-8-18(26)10-19(27)9-17/h4-11,13-14,22,31H,12H2,1-3H3. The summed E-state index contributed by atoms with van der Waals surface area (Å²) in [6.07, 6.45) is 1.36. The van der Waals surface area contributed by atoms with Gasteiger partial charge in [-0.25, -0.2) is 18.7 Å². The third-order valence-electron chi connectivity index (χ3n) is 5.57. The van der Waals surface area contributed by atoms with Gasteiger partial charge in [-0.1, -0.05) is 43.7 Å². The van der Waals surface area contributed by atoms with Gasteiger partial charge in [0.2, 0.25) is 0 Å². The van der Waals surface area contributed by atoms with Gasteiger partial charge in [-0.05, 0) is 31.0 Å². The molecule has 1 N–H and O–H groups in total. The van der Waals surface area contributed by atoms with Crippen LogP contribution in [0.15, 0.2) is 59.7 Å². The summed E-state index contributed by atoms with van der Waals surface area (Å²) >= 11 is 0. The van der Waals surface area contributed by atoms with Gasteiger partial charge in [-0.15, -0.1) is 0 Å². The number of aryl methyl sites for hydroxylation is 1. The molecule has 7 heteroatoms. The highest BCUT2D eigenvalue weighted by Gasteiger charge is 2.20. The number of halogens is 2. The maximum atomic E-state index is 14.0. The zero-order valence-corrected chi connectivity index (χ0v) is 18.0. The van der Waals surface area contributed by atoms with Gasteiger partial charge in [-0.3, -0.25) is 9.36 Å². The minimum Gasteiger partial charge on any atom is -0.394 e. The maximum absolute atomic E-state index is 14.0. The molecule has 0 aliphatic heterocycles. The highest BCUT2D eigenvalue weighted by Crippen LogP contribution is 2.30. The van der Waals surface area contributed by atoms with Gasteiger partial charge < -0.3 is 5.11 Å². The molecule has 0 saturated carbocycles. The average molecular weight is 435 g/mol. The van der Waals surface area contributed by atoms with Gasteiger partial charge in [0.15, 0.2) is 0 Å². The monoisotopic (exact) mass is 435 g/mol. The molecule has 2 heterocycles. The van der Waals surface area contributed by atoms with Crippen LogP contribution in [0.5, 0.6) is 0 Å². The Hall–Kier alpha value is -3.45. The zero-order chi connectivity index (χ0) is 23.0. The quantitative estimate of drug-likeness (QED) is 0.484. The van der Waals surface area contributed by atoms with Crippen LogP contribution in [0.1, 0.15) is 25.5 Å². The minimum atomic E-state index is -0.746. The van der Waals surface area contributed by atoms with Crippen molar-refractivity contribution in [2.75, 3.05) is 6.61 Å². The summed E-state index contributed by atoms with van der Waals surface area (Å²) < 4.78 is 29.4. The van der Waals surface area contributed by atoms with E-state index in [2.05, 4.69) is 9.97 Å². The van der Waals surface area contributed by atoms with Gasteiger partial charge in [0.25, 0.3) is 5.56 Å². The van der Waals surface area contributed by atoms with Crippen molar-refractivity contribution < 1.29 is 13.9 Å². The second-order valence-electron chi connectivity index (χ2n) is 8.23. The molecule has 1 unspecified atom stereocenters. The first-order valence-corrected chi connectivity index (χ1v) is 10.3. The van der Waals surface area contributed by atoms with E-state index in [1.807, 2.05) is 45.0 Å². The third kappa shape index (κ3) is 4.03. The molecule has 5 nitrogen and oxygen atoms in total. The molecule has 0 radical (unpaired) electrons. The smallest absolute Gasteiger partial charge is 0.261 e. The molecule has 0 amide bonds. The summed E-state index contributed by atoms with van der Waals surface area (Å²) in [4.78, 5) is 22.5. The van der Waals surface area contributed by atoms with Crippen LogP contribution in [-0.2, 0) is 0 Å². The number of aliphatic hydroxyl groups is 1. The van der Waals surface area contributed by atoms with E-state index in [-0.39, 0.29) is 40.2 Å². The average Bonchev–Trinajstić information content (AvgIpc) is 2.75. The molecule has 0 bridgehead atoms. The van der Waals surface area contributed by atoms with Crippen molar-refractivity contribution in [3.8, 4) is 22.5 Å². The number of rotatable bonds is 5. The predicted molar refractivity (Wildman–Crippen MR) is 120 cm³/mol. The number of hydrogen-bond acceptors (Lipinski definition) is 4. The summed E-state index contributed by atoms with van der Waals surface area (Å²) in [7, 11) is 0. The Balaban J connectivity index is 2.06. The van der Waals surface area contributed by atoms with Crippen molar-refractivity contribution >= 4 is 10.9 Å². The first kappa shape index (κ1) is 21.8. The summed E-state index contributed by atoms with van der Waals surface area (Å²) in [6, 6.07) is 11.9. The van der Waals surface area contributed by atoms with Crippen LogP contribution in [0.25, 0.3) is 33.4 Å². The summed E-state index contributed by atoms with van der Waals surface area (Å²) in [6.45, 7) is 5.55. The minimum absolute atomic E-state index is 0.00728. The molecule has 4 rings (SSSR count). The van der Waals surface area contributed by atoms with Gasteiger partial charge in [0.05, 0.1) is 35.8 Å². The summed E-state index contributed by atoms with van der Waals surface area (Å²) in [5.41, 5.74) is 2.60. The van der Waals surface area contributed by atoms with E-state index in [0.29, 0.717) is 5.69 Å². The Labute approximate surface area is 184 Å². The molecule has 0 aliphatic rings. The number of fused-ring (bicyclic) bond motifs is 1. The molecule has 0 aliphatic carbocycles. The number of benzene rings is 2. The molecule has 0 fully saturated rings. The molecule has 32 heavy (non-hydrogen) atoms. The summed E-state index contributed by atoms with van der Waals surface area (Å²) in [5.74, 6) is -1.50. The number of nitrogens with zero attached hydrogens (tertiary/aromatic N) is 3. The second-order valence-corrected chi connectivity index (χ2v) is 8.23. The van der Waals surface area contributed by atoms with E-state index in [4.69, 9.17) is 0 Å². The summed E-state index contributed by atoms with van der Waals surface area (Å²) in [5, 5.41) is 10.1. The lowest BCUT2D eigenvalue weighted by atomic mass is 10.0. The molecule has 0 spiro atoms. The van der Waals surface area contributed by atoms with Crippen molar-refractivity contribution in [2.45, 2.75) is 26.8 Å². The highest BCUT2D eigenvalue weighted by molar-refractivity contribution is 5.93. The van der Waals surface area contributed by atoms with Crippen LogP contribution < -0.4 is 5.56 Å². The van der Waals surface area contributed by atoms with E-state index >= 15 is 0 Å². The van der Waals surface area contributed by atoms with E-state index in [0.717, 1.165) is 17.2 Å². The van der Waals surface area contributed by atoms with Gasteiger partial charge in [-0.2, -0.15) is 0 Å². The van der Waals surface area contributed by atoms with Gasteiger partial charge in [0.1, 0.15) is 17.2 Å². The molecule has 4 aromatic rings. The topological polar surface area (TPSA) is 68.0 Å². The Morgan fingerprint density at radius 2 is 1.66 bits per heavy atom. The van der Waals surface area contributed by atoms with Gasteiger partial charge >= 0.3 is 0 Å². The van der Waals surface area contributed by atoms with E-state index in [9.17, 15) is 18.7 Å². The van der Waals surface area contributed by atoms with Crippen LogP contribution in [0.3, 0.4) is 0 Å². The molecule has 2 aromatic heterocycles. The molecule has 2 aromatic carbocycles. The first-order valence-electron chi connectivity index (χ1n) is 10.3. The first-order chi connectivity index (χ1) is 15.3. The predicted octanol–water partition coefficient (Wildman–Crippen LogP) is 4.90. The Kier molecular flexibility index (Phi) is 5.84. The molecular weight excluding hydrogens is 412 g/mol. The fourth-order valence-corrected chi connectivity index (χ4v) is 3.76. The fourth-order valence-electron chi connectivity index (χ4n) is 3.76. The van der Waals surface area contributed by atoms with E-state index < -0.39 is 17.7 Å². The number of pyridine rings is 1. The Morgan fingerprint density at radius 1 is 1.00 bits per heavy atom. The number of hydrogen-bond donors (Lipinski definition) is 1. The van der Waals surface area contributed by atoms with Crippen LogP contribution >= 0.6 is 0 Å². The largest absolute Gasteiger partial charge is 0.394 e. The Bertz CT molecular complexity index is 1330. The third-order valence-corrected chi connectivity index (χ3v) is 5.57. The highest BCUT2D eigenvalue weighted by atomic mass is 19.1. The van der Waals surface area contributed by atoms with E-state index in [1.165, 1.54) is 23.0 Å². The fraction of sp³-hybridized carbons (Fsp3) is 0.240. The van der Waals surface area contributed by atoms with Crippen LogP contribution in [0.4, 0.5) is 8.78 Å². The zero-order valence-electron chi connectivity index (χ0n) is 18.0. The molecular formula is C25H23F2N3O2. The second kappa shape index (κ2) is 8.59. The van der Waals surface area contributed by atoms with Crippen LogP contribution in [-0.4, -0.2) is 26.2 Å². The van der Waals surface area contributed by atoms with Crippen molar-refractivity contribution in [3.63, 3.8) is 0 Å². The lowest BCUT2D eigenvalue weighted by molar-refractivity contribution is 0.189. The Morgan fingerprint density at radius 3 is 2.25 bits per heavy atom. The molecule has 0 saturated heterocycles. The van der Waals surface area contributed by atoms with Crippen molar-refractivity contribution in [2.24, 2.45) is 5.92 Å². The SMILES string of the molecule is Cc1ccc(-c2cc3c(=O)n(C(CO)C(C)C)cnc3c(-c3cc(F)cc(F)c3)n2)cc1. The van der Waals surface area contributed by atoms with E-state index in [1.54, 1.807) is 6.07 Å². The number of aliphatic hydroxyl groups excluding tert-OH is 1. The van der Waals surface area contributed by atoms with Crippen molar-refractivity contribution in [1.82, 2.24) is 14.5 Å². The van der Waals surface area contributed by atoms with Crippen LogP contribution in [0, 0.1) is 24.5 Å². The lowest BCUT2D eigenvalue weighted by Crippen LogP contribution is -2.30. The normalized spacial score (nSPS) is 12.5. The van der Waals surface area contributed by atoms with Gasteiger partial charge in [0, 0.05) is 17.2 Å². The van der Waals surface area contributed by atoms with Crippen molar-refractivity contribution in [1.29, 1.82) is 0 Å². The lowest BCUT2D eigenvalue weighted by Gasteiger charge is -2.21. The molecule has 1 atom stereocenters. The maximum Gasteiger partial charge on any atom is 0.261 e. The van der Waals surface area contributed by atoms with Crippen molar-refractivity contribution in [3.05, 3.63) is 82.4 Å². The molecule has 164 valence electrons. The number of aromatic nitrogens is 3.